The Kier molecular flexibility index (Phi) is 19.4. The van der Waals surface area contributed by atoms with E-state index in [-0.39, 0.29) is 67.0 Å². The molecule has 376 valence electrons. The van der Waals surface area contributed by atoms with Crippen LogP contribution in [0.25, 0.3) is 0 Å². The van der Waals surface area contributed by atoms with E-state index in [9.17, 15) is 57.9 Å². The summed E-state index contributed by atoms with van der Waals surface area (Å²) < 4.78 is 162. The second kappa shape index (κ2) is 23.0. The summed E-state index contributed by atoms with van der Waals surface area (Å²) in [5.74, 6) is -0.451. The van der Waals surface area contributed by atoms with Gasteiger partial charge in [-0.05, 0) is 90.1 Å². The van der Waals surface area contributed by atoms with Crippen molar-refractivity contribution in [3.8, 4) is 11.5 Å². The van der Waals surface area contributed by atoms with Gasteiger partial charge in [-0.2, -0.15) is 26.3 Å². The Morgan fingerprint density at radius 3 is 1.38 bits per heavy atom. The number of rotatable bonds is 10. The molecule has 0 aromatic heterocycles. The topological polar surface area (TPSA) is 175 Å². The molecule has 14 nitrogen and oxygen atoms in total. The van der Waals surface area contributed by atoms with Crippen molar-refractivity contribution in [3.05, 3.63) is 108 Å². The second-order valence-corrected chi connectivity index (χ2v) is 20.6. The number of esters is 2. The van der Waals surface area contributed by atoms with Crippen LogP contribution in [0.3, 0.4) is 0 Å². The van der Waals surface area contributed by atoms with Gasteiger partial charge in [0.15, 0.2) is 0 Å². The van der Waals surface area contributed by atoms with Crippen molar-refractivity contribution in [1.82, 2.24) is 0 Å². The zero-order chi connectivity index (χ0) is 50.2. The van der Waals surface area contributed by atoms with Crippen LogP contribution in [0.15, 0.2) is 107 Å². The van der Waals surface area contributed by atoms with E-state index < -0.39 is 90.2 Å². The van der Waals surface area contributed by atoms with Crippen LogP contribution < -0.4 is 18.1 Å². The lowest BCUT2D eigenvalue weighted by atomic mass is 10.2. The number of hydrogen-bond donors (Lipinski definition) is 1. The van der Waals surface area contributed by atoms with Gasteiger partial charge < -0.3 is 28.8 Å². The lowest BCUT2D eigenvalue weighted by molar-refractivity contribution is -0.160. The molecule has 6 rings (SSSR count). The molecule has 0 amide bonds. The minimum absolute atomic E-state index is 0. The molecule has 4 aromatic carbocycles. The predicted molar refractivity (Wildman–Crippen MR) is 244 cm³/mol. The molecule has 2 unspecified atom stereocenters. The normalized spacial score (nSPS) is 16.1. The monoisotopic (exact) mass is 1070 g/mol. The number of nitrogens with zero attached hydrogens (tertiary/aromatic N) is 2. The van der Waals surface area contributed by atoms with Gasteiger partial charge in [-0.15, -0.1) is 0 Å². The predicted octanol–water partition coefficient (Wildman–Crippen LogP) is 9.03. The van der Waals surface area contributed by atoms with Gasteiger partial charge in [0.2, 0.25) is 0 Å². The number of aliphatic hydroxyl groups excluding tert-OH is 1. The number of sulfonamides is 2. The molecule has 0 saturated heterocycles. The molecule has 1 N–H and O–H groups in total. The summed E-state index contributed by atoms with van der Waals surface area (Å²) in [5, 5.41) is 9.79. The fraction of sp³-hybridized carbons (Fsp3) is 0.422. The summed E-state index contributed by atoms with van der Waals surface area (Å²) in [6.45, 7) is 8.87. The van der Waals surface area contributed by atoms with Gasteiger partial charge in [-0.25, -0.2) is 21.6 Å². The van der Waals surface area contributed by atoms with E-state index in [2.05, 4.69) is 15.9 Å². The number of hydrogen-bond acceptors (Lipinski definition) is 12. The van der Waals surface area contributed by atoms with Gasteiger partial charge in [0.05, 0.1) is 45.5 Å². The molecule has 23 heteroatoms. The summed E-state index contributed by atoms with van der Waals surface area (Å²) in [6.07, 6.45) is -9.71. The fourth-order valence-electron chi connectivity index (χ4n) is 6.40. The molecule has 2 aliphatic heterocycles. The van der Waals surface area contributed by atoms with Gasteiger partial charge in [-0.1, -0.05) is 71.9 Å². The standard InChI is InChI=1S/C22H24F3NO6S.C16H14F3NO4S.C6H11BrO2.CH4/c1-21(2,3)32-20(27)14-30-12-15-13-31-18-10-6-5-9-17(18)26(15)33(28,29)19-11-7-4-8-16(19)22(23,24)25;17-16(18,19)12-5-1-4-8-15(12)25(22,23)20-11(9-21)10-24-14-7-3-2-6-13(14)20;1-6(2,3)9-5(8)4-7;/h4-11,15H,12-14H2,1-3H3;1-8,11,21H,9-10H2;4H2,1-3H3;1H4. The number of ether oxygens (including phenoxy) is 5. The maximum absolute atomic E-state index is 13.6. The van der Waals surface area contributed by atoms with E-state index in [1.165, 1.54) is 36.4 Å². The van der Waals surface area contributed by atoms with Crippen molar-refractivity contribution in [2.45, 2.75) is 94.4 Å². The third-order valence-electron chi connectivity index (χ3n) is 8.88. The highest BCUT2D eigenvalue weighted by atomic mass is 79.9. The number of benzene rings is 4. The highest BCUT2D eigenvalue weighted by Gasteiger charge is 2.45. The number of aliphatic hydroxyl groups is 1. The lowest BCUT2D eigenvalue weighted by Gasteiger charge is -2.37. The quantitative estimate of drug-likeness (QED) is 0.0908. The fourth-order valence-corrected chi connectivity index (χ4v) is 10.2. The highest BCUT2D eigenvalue weighted by Crippen LogP contribution is 2.43. The molecule has 68 heavy (non-hydrogen) atoms. The average Bonchev–Trinajstić information content (AvgIpc) is 3.24. The molecule has 2 atom stereocenters. The SMILES string of the molecule is C.CC(C)(C)OC(=O)CBr.CC(C)(C)OC(=O)COCC1COc2ccccc2N1S(=O)(=O)c1ccccc1C(F)(F)F.O=S(=O)(c1ccccc1C(F)(F)F)N1c2ccccc2OCC1CO. The van der Waals surface area contributed by atoms with Gasteiger partial charge >= 0.3 is 24.3 Å². The maximum Gasteiger partial charge on any atom is 0.417 e. The van der Waals surface area contributed by atoms with Crippen molar-refractivity contribution < 1.29 is 81.6 Å². The van der Waals surface area contributed by atoms with Crippen molar-refractivity contribution in [2.75, 3.05) is 47.0 Å². The molecular weight excluding hydrogens is 1020 g/mol. The van der Waals surface area contributed by atoms with Crippen LogP contribution in [0.1, 0.15) is 60.1 Å². The maximum atomic E-state index is 13.6. The number of para-hydroxylation sites is 4. The van der Waals surface area contributed by atoms with Crippen LogP contribution in [0.5, 0.6) is 11.5 Å². The summed E-state index contributed by atoms with van der Waals surface area (Å²) in [6, 6.07) is 18.1. The number of carbonyl (C=O) groups is 2. The van der Waals surface area contributed by atoms with E-state index in [4.69, 9.17) is 23.7 Å². The van der Waals surface area contributed by atoms with Gasteiger partial charge in [0.1, 0.15) is 59.9 Å². The zero-order valence-electron chi connectivity index (χ0n) is 36.9. The number of halogens is 7. The van der Waals surface area contributed by atoms with Crippen LogP contribution in [-0.2, 0) is 56.2 Å². The smallest absolute Gasteiger partial charge is 0.417 e. The van der Waals surface area contributed by atoms with Crippen molar-refractivity contribution in [1.29, 1.82) is 0 Å². The summed E-state index contributed by atoms with van der Waals surface area (Å²) in [5.41, 5.74) is -3.45. The second-order valence-electron chi connectivity index (χ2n) is 16.5. The Morgan fingerprint density at radius 1 is 0.632 bits per heavy atom. The van der Waals surface area contributed by atoms with Gasteiger partial charge in [-0.3, -0.25) is 13.4 Å². The molecular formula is C45H53BrF6N2O12S2. The van der Waals surface area contributed by atoms with E-state index in [0.717, 1.165) is 32.9 Å². The molecule has 4 aromatic rings. The number of anilines is 2. The number of alkyl halides is 7. The lowest BCUT2D eigenvalue weighted by Crippen LogP contribution is -2.49. The average molecular weight is 1070 g/mol. The van der Waals surface area contributed by atoms with Crippen LogP contribution in [-0.4, -0.2) is 95.5 Å². The molecule has 0 radical (unpaired) electrons. The van der Waals surface area contributed by atoms with Crippen LogP contribution >= 0.6 is 15.9 Å². The minimum atomic E-state index is -4.88. The van der Waals surface area contributed by atoms with E-state index in [1.54, 1.807) is 45.0 Å². The van der Waals surface area contributed by atoms with Gasteiger partial charge in [0, 0.05) is 0 Å². The Labute approximate surface area is 400 Å². The highest BCUT2D eigenvalue weighted by molar-refractivity contribution is 9.09. The zero-order valence-corrected chi connectivity index (χ0v) is 40.1. The Bertz CT molecular complexity index is 2570. The van der Waals surface area contributed by atoms with E-state index in [0.29, 0.717) is 12.1 Å². The first-order valence-corrected chi connectivity index (χ1v) is 24.1. The Morgan fingerprint density at radius 2 is 1.00 bits per heavy atom. The molecule has 2 aliphatic rings. The van der Waals surface area contributed by atoms with Crippen molar-refractivity contribution in [2.24, 2.45) is 0 Å². The third kappa shape index (κ3) is 14.9. The van der Waals surface area contributed by atoms with Crippen LogP contribution in [0.2, 0.25) is 0 Å². The third-order valence-corrected chi connectivity index (χ3v) is 13.2. The van der Waals surface area contributed by atoms with Crippen molar-refractivity contribution in [3.63, 3.8) is 0 Å². The largest absolute Gasteiger partial charge is 0.489 e. The van der Waals surface area contributed by atoms with E-state index in [1.807, 2.05) is 20.8 Å². The first kappa shape index (κ1) is 57.2. The molecule has 2 heterocycles. The van der Waals surface area contributed by atoms with Gasteiger partial charge in [0.25, 0.3) is 20.0 Å². The summed E-state index contributed by atoms with van der Waals surface area (Å²) in [7, 11) is -9.26. The summed E-state index contributed by atoms with van der Waals surface area (Å²) >= 11 is 2.99. The molecule has 0 spiro atoms. The first-order valence-electron chi connectivity index (χ1n) is 20.1. The molecule has 0 bridgehead atoms. The van der Waals surface area contributed by atoms with Crippen molar-refractivity contribution >= 4 is 59.3 Å². The van der Waals surface area contributed by atoms with Crippen LogP contribution in [0.4, 0.5) is 37.7 Å². The number of carbonyl (C=O) groups excluding carboxylic acids is 2. The molecule has 0 saturated carbocycles. The minimum Gasteiger partial charge on any atom is -0.489 e. The van der Waals surface area contributed by atoms with Crippen LogP contribution in [0, 0.1) is 0 Å². The molecule has 0 aliphatic carbocycles. The van der Waals surface area contributed by atoms with E-state index >= 15 is 0 Å². The Hall–Kier alpha value is -5.10. The molecule has 0 fully saturated rings. The number of fused-ring (bicyclic) bond motifs is 2. The summed E-state index contributed by atoms with van der Waals surface area (Å²) in [4.78, 5) is 20.7. The first-order chi connectivity index (χ1) is 31.0. The Balaban J connectivity index is 0.000000309.